The van der Waals surface area contributed by atoms with Crippen molar-refractivity contribution in [3.63, 3.8) is 0 Å². The predicted octanol–water partition coefficient (Wildman–Crippen LogP) is 17.1. The second-order valence-corrected chi connectivity index (χ2v) is 17.2. The van der Waals surface area contributed by atoms with Gasteiger partial charge in [-0.15, -0.1) is 0 Å². The molecule has 0 heteroatoms. The van der Waals surface area contributed by atoms with Crippen LogP contribution in [0.25, 0.3) is 66.4 Å². The summed E-state index contributed by atoms with van der Waals surface area (Å²) in [6.45, 7) is 0. The van der Waals surface area contributed by atoms with E-state index in [1.54, 1.807) is 0 Å². The monoisotopic (exact) mass is 842 g/mol. The highest BCUT2D eigenvalue weighted by Gasteiger charge is 2.46. The molecule has 11 aromatic carbocycles. The van der Waals surface area contributed by atoms with Crippen molar-refractivity contribution in [2.75, 3.05) is 0 Å². The molecule has 1 unspecified atom stereocenters. The lowest BCUT2D eigenvalue weighted by atomic mass is 9.67. The van der Waals surface area contributed by atoms with Crippen LogP contribution in [0.5, 0.6) is 0 Å². The van der Waals surface area contributed by atoms with Crippen LogP contribution in [0, 0.1) is 0 Å². The molecule has 0 saturated carbocycles. The van der Waals surface area contributed by atoms with Gasteiger partial charge in [-0.3, -0.25) is 0 Å². The third-order valence-electron chi connectivity index (χ3n) is 13.6. The second-order valence-electron chi connectivity index (χ2n) is 17.2. The fourth-order valence-electron chi connectivity index (χ4n) is 10.5. The highest BCUT2D eigenvalue weighted by Crippen LogP contribution is 2.57. The standard InChI is InChI=1S/C66H46/c1-4-17-46(18-5-1)48-31-36-50(37-32-48)59-27-12-13-29-62(59)65(51-38-33-49(34-39-51)53-21-16-22-54(43-53)55-40-35-47-19-10-11-20-52(47)44-55)56-41-42-61-60-28-14-15-30-63(60)66(64(61)45-56,57-23-6-2-7-24-57)58-25-8-3-9-26-58/h1-45,65H/i33D,34D,38D,39D. The molecule has 1 aliphatic rings. The van der Waals surface area contributed by atoms with Crippen LogP contribution < -0.4 is 0 Å². The highest BCUT2D eigenvalue weighted by atomic mass is 14.5. The molecule has 310 valence electrons. The van der Waals surface area contributed by atoms with Crippen LogP contribution in [-0.2, 0) is 5.41 Å². The van der Waals surface area contributed by atoms with Crippen molar-refractivity contribution in [3.05, 3.63) is 312 Å². The normalized spacial score (nSPS) is 13.8. The minimum Gasteiger partial charge on any atom is -0.0622 e. The lowest BCUT2D eigenvalue weighted by Gasteiger charge is -2.34. The molecule has 1 aliphatic carbocycles. The van der Waals surface area contributed by atoms with Crippen LogP contribution in [0.15, 0.2) is 273 Å². The Morgan fingerprint density at radius 2 is 0.803 bits per heavy atom. The Hall–Kier alpha value is -8.32. The summed E-state index contributed by atoms with van der Waals surface area (Å²) in [4.78, 5) is 0. The average molecular weight is 843 g/mol. The maximum Gasteiger partial charge on any atom is 0.0713 e. The molecule has 0 aromatic heterocycles. The smallest absolute Gasteiger partial charge is 0.0622 e. The van der Waals surface area contributed by atoms with Gasteiger partial charge in [-0.05, 0) is 117 Å². The van der Waals surface area contributed by atoms with E-state index in [1.165, 1.54) is 5.56 Å². The summed E-state index contributed by atoms with van der Waals surface area (Å²) in [5, 5.41) is 2.27. The van der Waals surface area contributed by atoms with Crippen LogP contribution in [0.4, 0.5) is 0 Å². The van der Waals surface area contributed by atoms with E-state index in [0.717, 1.165) is 83.1 Å². The molecule has 0 saturated heterocycles. The van der Waals surface area contributed by atoms with Crippen LogP contribution >= 0.6 is 0 Å². The molecule has 0 bridgehead atoms. The fourth-order valence-corrected chi connectivity index (χ4v) is 10.5. The zero-order chi connectivity index (χ0) is 47.3. The van der Waals surface area contributed by atoms with Gasteiger partial charge in [-0.1, -0.05) is 261 Å². The van der Waals surface area contributed by atoms with Crippen molar-refractivity contribution in [3.8, 4) is 55.6 Å². The topological polar surface area (TPSA) is 0 Å². The average Bonchev–Trinajstić information content (AvgIpc) is 3.72. The van der Waals surface area contributed by atoms with Crippen molar-refractivity contribution >= 4 is 10.8 Å². The summed E-state index contributed by atoms with van der Waals surface area (Å²) in [5.41, 5.74) is 15.3. The number of fused-ring (bicyclic) bond motifs is 4. The maximum atomic E-state index is 10.1. The first-order valence-electron chi connectivity index (χ1n) is 24.7. The largest absolute Gasteiger partial charge is 0.0713 e. The van der Waals surface area contributed by atoms with Gasteiger partial charge in [0.05, 0.1) is 10.9 Å². The first-order chi connectivity index (χ1) is 34.4. The molecule has 0 radical (unpaired) electrons. The zero-order valence-electron chi connectivity index (χ0n) is 40.2. The zero-order valence-corrected chi connectivity index (χ0v) is 36.2. The molecule has 0 amide bonds. The first-order valence-corrected chi connectivity index (χ1v) is 22.7. The summed E-state index contributed by atoms with van der Waals surface area (Å²) in [6, 6.07) is 86.2. The number of benzene rings is 11. The Labute approximate surface area is 393 Å². The number of hydrogen-bond donors (Lipinski definition) is 0. The van der Waals surface area contributed by atoms with E-state index in [2.05, 4.69) is 182 Å². The quantitative estimate of drug-likeness (QED) is 0.127. The van der Waals surface area contributed by atoms with Gasteiger partial charge in [-0.2, -0.15) is 0 Å². The number of hydrogen-bond acceptors (Lipinski definition) is 0. The van der Waals surface area contributed by atoms with Crippen LogP contribution in [-0.4, -0.2) is 0 Å². The summed E-state index contributed by atoms with van der Waals surface area (Å²) in [7, 11) is 0. The summed E-state index contributed by atoms with van der Waals surface area (Å²) in [5.74, 6) is -0.700. The first kappa shape index (κ1) is 35.1. The molecule has 66 heavy (non-hydrogen) atoms. The molecule has 0 aliphatic heterocycles. The third kappa shape index (κ3) is 6.78. The Morgan fingerprint density at radius 3 is 1.53 bits per heavy atom. The molecule has 0 fully saturated rings. The Morgan fingerprint density at radius 1 is 0.288 bits per heavy atom. The van der Waals surface area contributed by atoms with Gasteiger partial charge in [0.1, 0.15) is 0 Å². The second kappa shape index (κ2) is 16.7. The predicted molar refractivity (Wildman–Crippen MR) is 277 cm³/mol. The lowest BCUT2D eigenvalue weighted by Crippen LogP contribution is -2.28. The van der Waals surface area contributed by atoms with Crippen molar-refractivity contribution in [1.82, 2.24) is 0 Å². The molecule has 12 rings (SSSR count). The lowest BCUT2D eigenvalue weighted by molar-refractivity contribution is 0.765. The summed E-state index contributed by atoms with van der Waals surface area (Å²) < 4.78 is 39.8. The van der Waals surface area contributed by atoms with E-state index in [9.17, 15) is 5.48 Å². The van der Waals surface area contributed by atoms with Crippen LogP contribution in [0.2, 0.25) is 0 Å². The van der Waals surface area contributed by atoms with E-state index in [0.29, 0.717) is 11.1 Å². The van der Waals surface area contributed by atoms with Crippen molar-refractivity contribution in [2.45, 2.75) is 11.3 Å². The minimum absolute atomic E-state index is 0.0625. The molecule has 11 aromatic rings. The van der Waals surface area contributed by atoms with Gasteiger partial charge in [0.25, 0.3) is 0 Å². The van der Waals surface area contributed by atoms with Gasteiger partial charge in [0.2, 0.25) is 0 Å². The van der Waals surface area contributed by atoms with E-state index >= 15 is 0 Å². The highest BCUT2D eigenvalue weighted by molar-refractivity contribution is 5.89. The molecule has 0 N–H and O–H groups in total. The van der Waals surface area contributed by atoms with Crippen molar-refractivity contribution in [1.29, 1.82) is 0 Å². The Bertz CT molecular complexity index is 3680. The van der Waals surface area contributed by atoms with Gasteiger partial charge in [0, 0.05) is 5.92 Å². The fraction of sp³-hybridized carbons (Fsp3) is 0.0303. The van der Waals surface area contributed by atoms with E-state index in [1.807, 2.05) is 66.7 Å². The SMILES string of the molecule is [2H]c1c([2H])c(C(c2ccc3c(c2)C(c2ccccc2)(c2ccccc2)c2ccccc2-3)c2ccccc2-c2ccc(-c3ccccc3)cc2)c([2H])c([2H])c1-c1cccc(-c2ccc3ccccc3c2)c1. The molecule has 1 atom stereocenters. The molecular formula is C66H46. The molecule has 0 nitrogen and oxygen atoms in total. The molecular weight excluding hydrogens is 793 g/mol. The van der Waals surface area contributed by atoms with Gasteiger partial charge >= 0.3 is 0 Å². The van der Waals surface area contributed by atoms with Crippen LogP contribution in [0.3, 0.4) is 0 Å². The van der Waals surface area contributed by atoms with E-state index in [-0.39, 0.29) is 29.7 Å². The van der Waals surface area contributed by atoms with E-state index < -0.39 is 11.3 Å². The summed E-state index contributed by atoms with van der Waals surface area (Å²) >= 11 is 0. The van der Waals surface area contributed by atoms with Gasteiger partial charge in [0.15, 0.2) is 0 Å². The Kier molecular flexibility index (Phi) is 8.86. The third-order valence-corrected chi connectivity index (χ3v) is 13.6. The number of rotatable bonds is 9. The maximum absolute atomic E-state index is 10.1. The molecule has 0 spiro atoms. The summed E-state index contributed by atoms with van der Waals surface area (Å²) in [6.07, 6.45) is 0. The van der Waals surface area contributed by atoms with Crippen LogP contribution in [0.1, 0.15) is 50.3 Å². The molecule has 0 heterocycles. The van der Waals surface area contributed by atoms with Crippen molar-refractivity contribution in [2.24, 2.45) is 0 Å². The van der Waals surface area contributed by atoms with Crippen molar-refractivity contribution < 1.29 is 5.48 Å². The Balaban J connectivity index is 1.09. The van der Waals surface area contributed by atoms with Gasteiger partial charge < -0.3 is 0 Å². The minimum atomic E-state index is -0.700. The van der Waals surface area contributed by atoms with E-state index in [4.69, 9.17) is 0 Å². The van der Waals surface area contributed by atoms with Gasteiger partial charge in [-0.25, -0.2) is 0 Å².